The minimum Gasteiger partial charge on any atom is -0.334 e. The Kier molecular flexibility index (Phi) is 1.56. The number of rotatable bonds is 1. The summed E-state index contributed by atoms with van der Waals surface area (Å²) in [6.07, 6.45) is 4.78. The molecule has 1 aliphatic heterocycles. The lowest BCUT2D eigenvalue weighted by Crippen LogP contribution is -2.20. The van der Waals surface area contributed by atoms with E-state index in [1.165, 1.54) is 24.3 Å². The first-order valence-electron chi connectivity index (χ1n) is 4.38. The Morgan fingerprint density at radius 1 is 1.58 bits per heavy atom. The van der Waals surface area contributed by atoms with Crippen LogP contribution in [0.15, 0.2) is 29.2 Å². The van der Waals surface area contributed by atoms with Gasteiger partial charge in [0.25, 0.3) is 0 Å². The van der Waals surface area contributed by atoms with Gasteiger partial charge in [-0.25, -0.2) is 4.99 Å². The molecular weight excluding hydrogens is 148 g/mol. The predicted octanol–water partition coefficient (Wildman–Crippen LogP) is 2.16. The van der Waals surface area contributed by atoms with Gasteiger partial charge in [0, 0.05) is 24.4 Å². The second-order valence-electron chi connectivity index (χ2n) is 3.57. The van der Waals surface area contributed by atoms with Gasteiger partial charge in [0.1, 0.15) is 5.82 Å². The average molecular weight is 162 g/mol. The fourth-order valence-electron chi connectivity index (χ4n) is 1.36. The number of hydrogen-bond donors (Lipinski definition) is 0. The van der Waals surface area contributed by atoms with Crippen LogP contribution < -0.4 is 0 Å². The Morgan fingerprint density at radius 3 is 2.75 bits per heavy atom. The topological polar surface area (TPSA) is 15.6 Å². The average Bonchev–Trinajstić information content (AvgIpc) is 2.81. The highest BCUT2D eigenvalue weighted by atomic mass is 15.2. The monoisotopic (exact) mass is 162 g/mol. The lowest BCUT2D eigenvalue weighted by molar-refractivity contribution is 0.511. The minimum atomic E-state index is 0.727. The van der Waals surface area contributed by atoms with Crippen LogP contribution in [0.2, 0.25) is 0 Å². The summed E-state index contributed by atoms with van der Waals surface area (Å²) in [5.41, 5.74) is 2.48. The van der Waals surface area contributed by atoms with Crippen LogP contribution in [0.3, 0.4) is 0 Å². The number of hydrogen-bond acceptors (Lipinski definition) is 2. The zero-order valence-corrected chi connectivity index (χ0v) is 7.67. The Bertz CT molecular complexity index is 282. The van der Waals surface area contributed by atoms with Crippen molar-refractivity contribution >= 4 is 5.71 Å². The second-order valence-corrected chi connectivity index (χ2v) is 3.57. The molecule has 0 aromatic rings. The second kappa shape index (κ2) is 2.47. The molecule has 2 heteroatoms. The van der Waals surface area contributed by atoms with Crippen LogP contribution in [0.4, 0.5) is 0 Å². The van der Waals surface area contributed by atoms with Gasteiger partial charge < -0.3 is 4.90 Å². The summed E-state index contributed by atoms with van der Waals surface area (Å²) in [5, 5.41) is 0. The summed E-state index contributed by atoms with van der Waals surface area (Å²) in [6.45, 7) is 6.00. The summed E-state index contributed by atoms with van der Waals surface area (Å²) in [6, 6.07) is 0. The molecule has 2 rings (SSSR count). The van der Waals surface area contributed by atoms with Gasteiger partial charge in [0.15, 0.2) is 0 Å². The van der Waals surface area contributed by atoms with Gasteiger partial charge in [-0.15, -0.1) is 0 Å². The molecule has 0 radical (unpaired) electrons. The van der Waals surface area contributed by atoms with E-state index in [2.05, 4.69) is 24.6 Å². The largest absolute Gasteiger partial charge is 0.334 e. The summed E-state index contributed by atoms with van der Waals surface area (Å²) in [5.74, 6) is 1.60. The number of allylic oxidation sites excluding steroid dienone is 2. The van der Waals surface area contributed by atoms with E-state index in [1.54, 1.807) is 0 Å². The molecule has 1 saturated carbocycles. The molecule has 0 aromatic heterocycles. The van der Waals surface area contributed by atoms with Crippen molar-refractivity contribution in [1.29, 1.82) is 0 Å². The van der Waals surface area contributed by atoms with Crippen molar-refractivity contribution in [1.82, 2.24) is 4.90 Å². The Balaban J connectivity index is 2.26. The van der Waals surface area contributed by atoms with E-state index in [0.717, 1.165) is 11.7 Å². The first-order valence-corrected chi connectivity index (χ1v) is 4.38. The molecule has 2 aliphatic rings. The van der Waals surface area contributed by atoms with Gasteiger partial charge in [-0.1, -0.05) is 6.58 Å². The quantitative estimate of drug-likeness (QED) is 0.577. The van der Waals surface area contributed by atoms with E-state index >= 15 is 0 Å². The highest BCUT2D eigenvalue weighted by molar-refractivity contribution is 6.00. The molecular formula is C10H14N2. The third-order valence-electron chi connectivity index (χ3n) is 2.53. The number of aliphatic imine (C=N–C) groups is 1. The molecule has 0 spiro atoms. The molecule has 0 unspecified atom stereocenters. The molecule has 1 aliphatic carbocycles. The smallest absolute Gasteiger partial charge is 0.125 e. The molecule has 0 N–H and O–H groups in total. The normalized spacial score (nSPS) is 23.8. The fraction of sp³-hybridized carbons (Fsp3) is 0.500. The van der Waals surface area contributed by atoms with E-state index in [0.29, 0.717) is 0 Å². The molecule has 1 heterocycles. The van der Waals surface area contributed by atoms with E-state index in [-0.39, 0.29) is 0 Å². The Hall–Kier alpha value is -1.05. The van der Waals surface area contributed by atoms with Gasteiger partial charge in [0.05, 0.1) is 0 Å². The molecule has 64 valence electrons. The predicted molar refractivity (Wildman–Crippen MR) is 50.8 cm³/mol. The highest BCUT2D eigenvalue weighted by Gasteiger charge is 2.28. The van der Waals surface area contributed by atoms with E-state index < -0.39 is 0 Å². The van der Waals surface area contributed by atoms with Gasteiger partial charge in [-0.05, 0) is 25.8 Å². The Labute approximate surface area is 73.3 Å². The van der Waals surface area contributed by atoms with Crippen molar-refractivity contribution in [3.63, 3.8) is 0 Å². The van der Waals surface area contributed by atoms with Gasteiger partial charge >= 0.3 is 0 Å². The summed E-state index contributed by atoms with van der Waals surface area (Å²) >= 11 is 0. The maximum atomic E-state index is 4.45. The van der Waals surface area contributed by atoms with Crippen LogP contribution in [0.1, 0.15) is 19.8 Å². The maximum absolute atomic E-state index is 4.45. The van der Waals surface area contributed by atoms with Crippen LogP contribution in [0.5, 0.6) is 0 Å². The molecule has 0 saturated heterocycles. The molecule has 12 heavy (non-hydrogen) atoms. The van der Waals surface area contributed by atoms with Crippen LogP contribution in [0.25, 0.3) is 0 Å². The van der Waals surface area contributed by atoms with Crippen molar-refractivity contribution in [2.45, 2.75) is 19.8 Å². The van der Waals surface area contributed by atoms with Crippen LogP contribution in [-0.4, -0.2) is 17.7 Å². The summed E-state index contributed by atoms with van der Waals surface area (Å²) in [4.78, 5) is 6.47. The molecule has 0 bridgehead atoms. The van der Waals surface area contributed by atoms with Gasteiger partial charge in [-0.2, -0.15) is 0 Å². The molecule has 0 aromatic carbocycles. The van der Waals surface area contributed by atoms with Gasteiger partial charge in [-0.3, -0.25) is 0 Å². The highest BCUT2D eigenvalue weighted by Crippen LogP contribution is 2.34. The molecule has 0 atom stereocenters. The first-order chi connectivity index (χ1) is 5.68. The zero-order chi connectivity index (χ0) is 8.72. The third kappa shape index (κ3) is 1.17. The van der Waals surface area contributed by atoms with E-state index in [4.69, 9.17) is 0 Å². The van der Waals surface area contributed by atoms with Crippen molar-refractivity contribution in [2.24, 2.45) is 10.9 Å². The van der Waals surface area contributed by atoms with Gasteiger partial charge in [0.2, 0.25) is 0 Å². The maximum Gasteiger partial charge on any atom is 0.125 e. The van der Waals surface area contributed by atoms with Crippen molar-refractivity contribution in [3.05, 3.63) is 24.2 Å². The number of nitrogens with zero attached hydrogens (tertiary/aromatic N) is 2. The van der Waals surface area contributed by atoms with Crippen molar-refractivity contribution < 1.29 is 0 Å². The van der Waals surface area contributed by atoms with E-state index in [9.17, 15) is 0 Å². The van der Waals surface area contributed by atoms with Crippen LogP contribution in [0, 0.1) is 5.92 Å². The third-order valence-corrected chi connectivity index (χ3v) is 2.53. The van der Waals surface area contributed by atoms with Crippen molar-refractivity contribution in [2.75, 3.05) is 7.05 Å². The van der Waals surface area contributed by atoms with Crippen LogP contribution >= 0.6 is 0 Å². The summed E-state index contributed by atoms with van der Waals surface area (Å²) < 4.78 is 0. The fourth-order valence-corrected chi connectivity index (χ4v) is 1.36. The first kappa shape index (κ1) is 7.59. The van der Waals surface area contributed by atoms with Crippen molar-refractivity contribution in [3.8, 4) is 0 Å². The standard InChI is InChI=1S/C10H14N2/c1-7-6-10(9-4-5-9)11-8(2)12(7)3/h6,9H,2,4-5H2,1,3H3. The van der Waals surface area contributed by atoms with Crippen LogP contribution in [-0.2, 0) is 0 Å². The lowest BCUT2D eigenvalue weighted by atomic mass is 10.2. The molecule has 2 nitrogen and oxygen atoms in total. The summed E-state index contributed by atoms with van der Waals surface area (Å²) in [7, 11) is 2.00. The SMILES string of the molecule is C=C1N=C(C2CC2)C=C(C)N1C. The van der Waals surface area contributed by atoms with E-state index in [1.807, 2.05) is 11.9 Å². The lowest BCUT2D eigenvalue weighted by Gasteiger charge is -2.24. The molecule has 1 fully saturated rings. The Morgan fingerprint density at radius 2 is 2.25 bits per heavy atom. The molecule has 0 amide bonds. The minimum absolute atomic E-state index is 0.727. The zero-order valence-electron chi connectivity index (χ0n) is 7.67.